The molecule has 0 aliphatic carbocycles. The quantitative estimate of drug-likeness (QED) is 0.722. The maximum Gasteiger partial charge on any atom is 0.128 e. The van der Waals surface area contributed by atoms with Gasteiger partial charge in [-0.2, -0.15) is 0 Å². The molecule has 0 radical (unpaired) electrons. The van der Waals surface area contributed by atoms with Crippen molar-refractivity contribution in [3.8, 4) is 0 Å². The van der Waals surface area contributed by atoms with Gasteiger partial charge in [0.05, 0.1) is 12.0 Å². The zero-order chi connectivity index (χ0) is 10.4. The maximum atomic E-state index is 10.9. The van der Waals surface area contributed by atoms with Crippen molar-refractivity contribution in [3.63, 3.8) is 0 Å². The highest BCUT2D eigenvalue weighted by Gasteiger charge is 2.26. The van der Waals surface area contributed by atoms with Gasteiger partial charge in [-0.1, -0.05) is 37.3 Å². The van der Waals surface area contributed by atoms with Crippen molar-refractivity contribution in [3.05, 3.63) is 35.9 Å². The molecule has 2 heteroatoms. The fourth-order valence-electron chi connectivity index (χ4n) is 1.46. The van der Waals surface area contributed by atoms with Crippen molar-refractivity contribution in [2.75, 3.05) is 6.61 Å². The Morgan fingerprint density at radius 3 is 2.43 bits per heavy atom. The van der Waals surface area contributed by atoms with E-state index < -0.39 is 5.41 Å². The molecule has 1 unspecified atom stereocenters. The van der Waals surface area contributed by atoms with E-state index in [4.69, 9.17) is 0 Å². The summed E-state index contributed by atoms with van der Waals surface area (Å²) in [4.78, 5) is 10.9. The average Bonchev–Trinajstić information content (AvgIpc) is 2.28. The van der Waals surface area contributed by atoms with Crippen LogP contribution in [0.1, 0.15) is 18.9 Å². The van der Waals surface area contributed by atoms with Gasteiger partial charge < -0.3 is 9.90 Å². The normalized spacial score (nSPS) is 14.7. The number of carbonyl (C=O) groups is 1. The van der Waals surface area contributed by atoms with Crippen molar-refractivity contribution in [2.24, 2.45) is 5.41 Å². The molecule has 1 aromatic carbocycles. The summed E-state index contributed by atoms with van der Waals surface area (Å²) in [5, 5.41) is 9.21. The van der Waals surface area contributed by atoms with E-state index in [9.17, 15) is 9.90 Å². The van der Waals surface area contributed by atoms with Crippen LogP contribution in [-0.4, -0.2) is 18.0 Å². The van der Waals surface area contributed by atoms with E-state index in [2.05, 4.69) is 0 Å². The Morgan fingerprint density at radius 2 is 2.00 bits per heavy atom. The van der Waals surface area contributed by atoms with Gasteiger partial charge in [-0.05, 0) is 18.4 Å². The van der Waals surface area contributed by atoms with E-state index in [1.54, 1.807) is 0 Å². The van der Waals surface area contributed by atoms with E-state index in [0.29, 0.717) is 12.8 Å². The van der Waals surface area contributed by atoms with Gasteiger partial charge in [0.2, 0.25) is 0 Å². The summed E-state index contributed by atoms with van der Waals surface area (Å²) in [6.07, 6.45) is 2.16. The van der Waals surface area contributed by atoms with Crippen LogP contribution in [0.25, 0.3) is 0 Å². The molecule has 0 heterocycles. The van der Waals surface area contributed by atoms with E-state index in [-0.39, 0.29) is 6.61 Å². The van der Waals surface area contributed by atoms with E-state index in [1.165, 1.54) is 0 Å². The van der Waals surface area contributed by atoms with Crippen LogP contribution in [0.2, 0.25) is 0 Å². The highest BCUT2D eigenvalue weighted by Crippen LogP contribution is 2.23. The van der Waals surface area contributed by atoms with Gasteiger partial charge in [0.25, 0.3) is 0 Å². The fraction of sp³-hybridized carbons (Fsp3) is 0.417. The second-order valence-corrected chi connectivity index (χ2v) is 3.65. The molecule has 0 saturated heterocycles. The SMILES string of the molecule is CCC(C=O)(CO)Cc1ccccc1. The second kappa shape index (κ2) is 4.91. The molecule has 1 rings (SSSR count). The van der Waals surface area contributed by atoms with Gasteiger partial charge >= 0.3 is 0 Å². The summed E-state index contributed by atoms with van der Waals surface area (Å²) < 4.78 is 0. The monoisotopic (exact) mass is 192 g/mol. The van der Waals surface area contributed by atoms with Crippen LogP contribution in [0.5, 0.6) is 0 Å². The molecule has 1 atom stereocenters. The molecule has 0 aromatic heterocycles. The lowest BCUT2D eigenvalue weighted by Crippen LogP contribution is -2.29. The minimum atomic E-state index is -0.596. The average molecular weight is 192 g/mol. The Morgan fingerprint density at radius 1 is 1.36 bits per heavy atom. The highest BCUT2D eigenvalue weighted by atomic mass is 16.3. The molecular weight excluding hydrogens is 176 g/mol. The van der Waals surface area contributed by atoms with Gasteiger partial charge in [-0.25, -0.2) is 0 Å². The molecule has 0 aliphatic rings. The van der Waals surface area contributed by atoms with Crippen LogP contribution in [0.3, 0.4) is 0 Å². The molecule has 14 heavy (non-hydrogen) atoms. The molecule has 0 fully saturated rings. The van der Waals surface area contributed by atoms with Gasteiger partial charge in [-0.15, -0.1) is 0 Å². The number of aldehydes is 1. The van der Waals surface area contributed by atoms with Gasteiger partial charge in [0.15, 0.2) is 0 Å². The molecule has 2 nitrogen and oxygen atoms in total. The third-order valence-corrected chi connectivity index (χ3v) is 2.67. The van der Waals surface area contributed by atoms with Gasteiger partial charge in [0, 0.05) is 0 Å². The predicted octanol–water partition coefficient (Wildman–Crippen LogP) is 1.82. The number of benzene rings is 1. The molecule has 0 aliphatic heterocycles. The zero-order valence-corrected chi connectivity index (χ0v) is 8.44. The zero-order valence-electron chi connectivity index (χ0n) is 8.44. The largest absolute Gasteiger partial charge is 0.395 e. The standard InChI is InChI=1S/C12H16O2/c1-2-12(9-13,10-14)8-11-6-4-3-5-7-11/h3-7,9,14H,2,8,10H2,1H3. The molecule has 1 aromatic rings. The summed E-state index contributed by atoms with van der Waals surface area (Å²) in [7, 11) is 0. The number of aliphatic hydroxyl groups excluding tert-OH is 1. The Bertz CT molecular complexity index is 276. The first kappa shape index (κ1) is 10.9. The Hall–Kier alpha value is -1.15. The molecule has 0 saturated carbocycles. The minimum absolute atomic E-state index is 0.0815. The lowest BCUT2D eigenvalue weighted by atomic mass is 9.81. The number of hydrogen-bond acceptors (Lipinski definition) is 2. The fourth-order valence-corrected chi connectivity index (χ4v) is 1.46. The summed E-state index contributed by atoms with van der Waals surface area (Å²) >= 11 is 0. The van der Waals surface area contributed by atoms with Crippen LogP contribution in [0.15, 0.2) is 30.3 Å². The van der Waals surface area contributed by atoms with E-state index >= 15 is 0 Å². The topological polar surface area (TPSA) is 37.3 Å². The van der Waals surface area contributed by atoms with Crippen molar-refractivity contribution < 1.29 is 9.90 Å². The summed E-state index contributed by atoms with van der Waals surface area (Å²) in [6, 6.07) is 9.78. The molecular formula is C12H16O2. The smallest absolute Gasteiger partial charge is 0.128 e. The van der Waals surface area contributed by atoms with Crippen molar-refractivity contribution >= 4 is 6.29 Å². The summed E-state index contributed by atoms with van der Waals surface area (Å²) in [6.45, 7) is 1.84. The van der Waals surface area contributed by atoms with Crippen LogP contribution in [0.4, 0.5) is 0 Å². The summed E-state index contributed by atoms with van der Waals surface area (Å²) in [5.41, 5.74) is 0.497. The van der Waals surface area contributed by atoms with Crippen LogP contribution in [-0.2, 0) is 11.2 Å². The Labute approximate surface area is 84.6 Å². The first-order valence-corrected chi connectivity index (χ1v) is 4.87. The molecule has 0 spiro atoms. The van der Waals surface area contributed by atoms with Crippen LogP contribution >= 0.6 is 0 Å². The van der Waals surface area contributed by atoms with Gasteiger partial charge in [0.1, 0.15) is 6.29 Å². The maximum absolute atomic E-state index is 10.9. The molecule has 1 N–H and O–H groups in total. The molecule has 76 valence electrons. The van der Waals surface area contributed by atoms with Crippen molar-refractivity contribution in [2.45, 2.75) is 19.8 Å². The first-order chi connectivity index (χ1) is 6.76. The van der Waals surface area contributed by atoms with E-state index in [1.807, 2.05) is 37.3 Å². The first-order valence-electron chi connectivity index (χ1n) is 4.87. The van der Waals surface area contributed by atoms with Gasteiger partial charge in [-0.3, -0.25) is 0 Å². The lowest BCUT2D eigenvalue weighted by Gasteiger charge is -2.23. The van der Waals surface area contributed by atoms with Crippen molar-refractivity contribution in [1.82, 2.24) is 0 Å². The van der Waals surface area contributed by atoms with Crippen LogP contribution in [0, 0.1) is 5.41 Å². The predicted molar refractivity (Wildman–Crippen MR) is 56.0 cm³/mol. The lowest BCUT2D eigenvalue weighted by molar-refractivity contribution is -0.118. The number of carbonyl (C=O) groups excluding carboxylic acids is 1. The number of rotatable bonds is 5. The number of hydrogen-bond donors (Lipinski definition) is 1. The molecule has 0 bridgehead atoms. The Balaban J connectivity index is 2.79. The van der Waals surface area contributed by atoms with E-state index in [0.717, 1.165) is 11.8 Å². The highest BCUT2D eigenvalue weighted by molar-refractivity contribution is 5.60. The Kier molecular flexibility index (Phi) is 3.84. The minimum Gasteiger partial charge on any atom is -0.395 e. The second-order valence-electron chi connectivity index (χ2n) is 3.65. The third-order valence-electron chi connectivity index (χ3n) is 2.67. The van der Waals surface area contributed by atoms with Crippen LogP contribution < -0.4 is 0 Å². The molecule has 0 amide bonds. The summed E-state index contributed by atoms with van der Waals surface area (Å²) in [5.74, 6) is 0. The third kappa shape index (κ3) is 2.42. The number of aliphatic hydroxyl groups is 1. The van der Waals surface area contributed by atoms with Crippen molar-refractivity contribution in [1.29, 1.82) is 0 Å².